The SMILES string of the molecule is CC(c1ccccc1)N1CC(NC(=O)NCCC#N)CC1=O. The van der Waals surface area contributed by atoms with E-state index in [9.17, 15) is 9.59 Å². The molecule has 1 fully saturated rings. The highest BCUT2D eigenvalue weighted by Crippen LogP contribution is 2.25. The smallest absolute Gasteiger partial charge is 0.315 e. The van der Waals surface area contributed by atoms with Gasteiger partial charge in [0.15, 0.2) is 0 Å². The first-order valence-corrected chi connectivity index (χ1v) is 7.37. The molecule has 2 unspecified atom stereocenters. The van der Waals surface area contributed by atoms with Gasteiger partial charge >= 0.3 is 6.03 Å². The predicted octanol–water partition coefficient (Wildman–Crippen LogP) is 1.56. The molecule has 0 radical (unpaired) electrons. The highest BCUT2D eigenvalue weighted by atomic mass is 16.2. The number of rotatable bonds is 5. The first-order chi connectivity index (χ1) is 10.6. The molecule has 0 bridgehead atoms. The number of nitrogens with one attached hydrogen (secondary N) is 2. The molecule has 3 amide bonds. The lowest BCUT2D eigenvalue weighted by Crippen LogP contribution is -2.43. The molecule has 0 aliphatic carbocycles. The second-order valence-electron chi connectivity index (χ2n) is 5.34. The highest BCUT2D eigenvalue weighted by Gasteiger charge is 2.33. The van der Waals surface area contributed by atoms with Gasteiger partial charge in [0.2, 0.25) is 5.91 Å². The van der Waals surface area contributed by atoms with Crippen molar-refractivity contribution in [3.05, 3.63) is 35.9 Å². The van der Waals surface area contributed by atoms with Crippen LogP contribution in [0.2, 0.25) is 0 Å². The van der Waals surface area contributed by atoms with Crippen LogP contribution in [0, 0.1) is 11.3 Å². The van der Waals surface area contributed by atoms with Gasteiger partial charge in [0.25, 0.3) is 0 Å². The molecule has 1 saturated heterocycles. The molecule has 116 valence electrons. The molecule has 1 aromatic carbocycles. The lowest BCUT2D eigenvalue weighted by molar-refractivity contribution is -0.129. The number of hydrogen-bond acceptors (Lipinski definition) is 3. The van der Waals surface area contributed by atoms with Gasteiger partial charge in [-0.2, -0.15) is 5.26 Å². The van der Waals surface area contributed by atoms with Crippen LogP contribution < -0.4 is 10.6 Å². The molecule has 1 heterocycles. The largest absolute Gasteiger partial charge is 0.337 e. The van der Waals surface area contributed by atoms with Gasteiger partial charge in [-0.3, -0.25) is 4.79 Å². The van der Waals surface area contributed by atoms with Crippen LogP contribution in [0.1, 0.15) is 31.4 Å². The van der Waals surface area contributed by atoms with E-state index in [0.29, 0.717) is 19.5 Å². The number of benzene rings is 1. The molecule has 1 aliphatic heterocycles. The summed E-state index contributed by atoms with van der Waals surface area (Å²) in [6.07, 6.45) is 0.580. The number of nitrogens with zero attached hydrogens (tertiary/aromatic N) is 2. The Hall–Kier alpha value is -2.55. The summed E-state index contributed by atoms with van der Waals surface area (Å²) in [6.45, 7) is 2.80. The van der Waals surface area contributed by atoms with E-state index in [4.69, 9.17) is 5.26 Å². The van der Waals surface area contributed by atoms with Crippen molar-refractivity contribution >= 4 is 11.9 Å². The van der Waals surface area contributed by atoms with E-state index in [1.54, 1.807) is 4.90 Å². The molecule has 2 atom stereocenters. The van der Waals surface area contributed by atoms with Crippen molar-refractivity contribution in [2.24, 2.45) is 0 Å². The van der Waals surface area contributed by atoms with E-state index in [1.807, 2.05) is 43.3 Å². The van der Waals surface area contributed by atoms with Crippen LogP contribution in [0.4, 0.5) is 4.79 Å². The maximum atomic E-state index is 12.2. The van der Waals surface area contributed by atoms with Gasteiger partial charge in [0.1, 0.15) is 0 Å². The lowest BCUT2D eigenvalue weighted by atomic mass is 10.1. The Morgan fingerprint density at radius 2 is 2.18 bits per heavy atom. The van der Waals surface area contributed by atoms with Crippen LogP contribution in [-0.2, 0) is 4.79 Å². The molecule has 6 heteroatoms. The summed E-state index contributed by atoms with van der Waals surface area (Å²) in [5, 5.41) is 13.8. The van der Waals surface area contributed by atoms with E-state index >= 15 is 0 Å². The topological polar surface area (TPSA) is 85.2 Å². The van der Waals surface area contributed by atoms with Crippen molar-refractivity contribution in [3.63, 3.8) is 0 Å². The molecule has 6 nitrogen and oxygen atoms in total. The van der Waals surface area contributed by atoms with Crippen LogP contribution >= 0.6 is 0 Å². The molecule has 22 heavy (non-hydrogen) atoms. The monoisotopic (exact) mass is 300 g/mol. The number of amides is 3. The fourth-order valence-corrected chi connectivity index (χ4v) is 2.58. The van der Waals surface area contributed by atoms with Gasteiger partial charge in [-0.15, -0.1) is 0 Å². The fraction of sp³-hybridized carbons (Fsp3) is 0.438. The van der Waals surface area contributed by atoms with Gasteiger partial charge in [0.05, 0.1) is 24.6 Å². The van der Waals surface area contributed by atoms with E-state index in [0.717, 1.165) is 5.56 Å². The minimum atomic E-state index is -0.331. The van der Waals surface area contributed by atoms with Crippen molar-refractivity contribution in [3.8, 4) is 6.07 Å². The third-order valence-corrected chi connectivity index (χ3v) is 3.77. The molecular weight excluding hydrogens is 280 g/mol. The third kappa shape index (κ3) is 3.98. The number of carbonyl (C=O) groups is 2. The van der Waals surface area contributed by atoms with Crippen molar-refractivity contribution in [1.29, 1.82) is 5.26 Å². The van der Waals surface area contributed by atoms with Gasteiger partial charge in [-0.1, -0.05) is 30.3 Å². The normalized spacial score (nSPS) is 18.6. The zero-order chi connectivity index (χ0) is 15.9. The first-order valence-electron chi connectivity index (χ1n) is 7.37. The van der Waals surface area contributed by atoms with Crippen LogP contribution in [0.15, 0.2) is 30.3 Å². The average molecular weight is 300 g/mol. The molecule has 1 aromatic rings. The lowest BCUT2D eigenvalue weighted by Gasteiger charge is -2.25. The Morgan fingerprint density at radius 3 is 2.86 bits per heavy atom. The molecule has 1 aliphatic rings. The quantitative estimate of drug-likeness (QED) is 0.809. The predicted molar refractivity (Wildman–Crippen MR) is 81.7 cm³/mol. The molecule has 2 rings (SSSR count). The van der Waals surface area contributed by atoms with E-state index in [2.05, 4.69) is 10.6 Å². The Bertz CT molecular complexity index is 567. The second kappa shape index (κ2) is 7.46. The zero-order valence-electron chi connectivity index (χ0n) is 12.6. The summed E-state index contributed by atoms with van der Waals surface area (Å²) in [6, 6.07) is 11.2. The number of likely N-dealkylation sites (tertiary alicyclic amines) is 1. The first kappa shape index (κ1) is 15.8. The standard InChI is InChI=1S/C16H20N4O2/c1-12(13-6-3-2-4-7-13)20-11-14(10-15(20)21)19-16(22)18-9-5-8-17/h2-4,6-7,12,14H,5,9-11H2,1H3,(H2,18,19,22). The van der Waals surface area contributed by atoms with Gasteiger partial charge in [0, 0.05) is 19.5 Å². The van der Waals surface area contributed by atoms with Crippen molar-refractivity contribution in [1.82, 2.24) is 15.5 Å². The number of urea groups is 1. The molecule has 0 aromatic heterocycles. The minimum absolute atomic E-state index is 0.0119. The summed E-state index contributed by atoms with van der Waals surface area (Å²) < 4.78 is 0. The summed E-state index contributed by atoms with van der Waals surface area (Å²) in [4.78, 5) is 25.6. The van der Waals surface area contributed by atoms with Gasteiger partial charge in [-0.05, 0) is 12.5 Å². The summed E-state index contributed by atoms with van der Waals surface area (Å²) in [7, 11) is 0. The van der Waals surface area contributed by atoms with Gasteiger partial charge < -0.3 is 15.5 Å². The Kier molecular flexibility index (Phi) is 5.37. The maximum Gasteiger partial charge on any atom is 0.315 e. The maximum absolute atomic E-state index is 12.2. The van der Waals surface area contributed by atoms with Crippen molar-refractivity contribution < 1.29 is 9.59 Å². The highest BCUT2D eigenvalue weighted by molar-refractivity contribution is 5.82. The average Bonchev–Trinajstić information content (AvgIpc) is 2.88. The van der Waals surface area contributed by atoms with Crippen LogP contribution in [-0.4, -0.2) is 36.0 Å². The second-order valence-corrected chi connectivity index (χ2v) is 5.34. The van der Waals surface area contributed by atoms with Crippen molar-refractivity contribution in [2.75, 3.05) is 13.1 Å². The minimum Gasteiger partial charge on any atom is -0.337 e. The summed E-state index contributed by atoms with van der Waals surface area (Å²) in [5.41, 5.74) is 1.08. The third-order valence-electron chi connectivity index (χ3n) is 3.77. The number of carbonyl (C=O) groups excluding carboxylic acids is 2. The Morgan fingerprint density at radius 1 is 1.45 bits per heavy atom. The van der Waals surface area contributed by atoms with E-state index in [-0.39, 0.29) is 30.4 Å². The molecular formula is C16H20N4O2. The Labute approximate surface area is 130 Å². The Balaban J connectivity index is 1.88. The van der Waals surface area contributed by atoms with Crippen LogP contribution in [0.3, 0.4) is 0 Å². The van der Waals surface area contributed by atoms with Crippen LogP contribution in [0.5, 0.6) is 0 Å². The number of nitriles is 1. The number of hydrogen-bond donors (Lipinski definition) is 2. The fourth-order valence-electron chi connectivity index (χ4n) is 2.58. The van der Waals surface area contributed by atoms with E-state index in [1.165, 1.54) is 0 Å². The van der Waals surface area contributed by atoms with Crippen molar-refractivity contribution in [2.45, 2.75) is 31.8 Å². The molecule has 0 saturated carbocycles. The van der Waals surface area contributed by atoms with Crippen LogP contribution in [0.25, 0.3) is 0 Å². The summed E-state index contributed by atoms with van der Waals surface area (Å²) >= 11 is 0. The zero-order valence-corrected chi connectivity index (χ0v) is 12.6. The van der Waals surface area contributed by atoms with Gasteiger partial charge in [-0.25, -0.2) is 4.79 Å². The van der Waals surface area contributed by atoms with E-state index < -0.39 is 0 Å². The molecule has 0 spiro atoms. The summed E-state index contributed by atoms with van der Waals surface area (Å²) in [5.74, 6) is 0.0404. The molecule has 2 N–H and O–H groups in total.